The van der Waals surface area contributed by atoms with Crippen LogP contribution in [0.3, 0.4) is 0 Å². The van der Waals surface area contributed by atoms with Crippen molar-refractivity contribution in [2.45, 2.75) is 62.8 Å². The summed E-state index contributed by atoms with van der Waals surface area (Å²) in [6.07, 6.45) is 8.20. The molecule has 3 fully saturated rings. The van der Waals surface area contributed by atoms with Gasteiger partial charge in [-0.05, 0) is 43.9 Å². The highest BCUT2D eigenvalue weighted by molar-refractivity contribution is 5.16. The molecule has 2 atom stereocenters. The van der Waals surface area contributed by atoms with Gasteiger partial charge in [0.2, 0.25) is 5.89 Å². The standard InChI is InChI=1S/C14H21N3O/c1-13(7-9-6-10(9)8-13)12-16-11(17-18-12)14(15)4-2-3-5-14/h9-10H,2-8,15H2,1H3. The molecule has 3 aliphatic carbocycles. The number of hydrogen-bond acceptors (Lipinski definition) is 4. The number of nitrogens with two attached hydrogens (primary N) is 1. The van der Waals surface area contributed by atoms with Crippen molar-refractivity contribution in [1.29, 1.82) is 0 Å². The molecule has 4 heteroatoms. The van der Waals surface area contributed by atoms with Crippen LogP contribution in [0.5, 0.6) is 0 Å². The molecule has 4 nitrogen and oxygen atoms in total. The highest BCUT2D eigenvalue weighted by Crippen LogP contribution is 2.60. The molecule has 0 aromatic carbocycles. The summed E-state index contributed by atoms with van der Waals surface area (Å²) in [5.74, 6) is 3.42. The Bertz CT molecular complexity index is 465. The Morgan fingerprint density at radius 3 is 2.56 bits per heavy atom. The van der Waals surface area contributed by atoms with Crippen molar-refractivity contribution in [1.82, 2.24) is 10.1 Å². The molecule has 2 unspecified atom stereocenters. The zero-order chi connectivity index (χ0) is 12.4. The van der Waals surface area contributed by atoms with Gasteiger partial charge in [0.15, 0.2) is 5.82 Å². The molecule has 4 rings (SSSR count). The summed E-state index contributed by atoms with van der Waals surface area (Å²) in [4.78, 5) is 4.67. The molecular formula is C14H21N3O. The van der Waals surface area contributed by atoms with Crippen molar-refractivity contribution in [3.8, 4) is 0 Å². The monoisotopic (exact) mass is 247 g/mol. The predicted octanol–water partition coefficient (Wildman–Crippen LogP) is 2.49. The molecule has 98 valence electrons. The van der Waals surface area contributed by atoms with E-state index in [1.165, 1.54) is 32.1 Å². The molecule has 18 heavy (non-hydrogen) atoms. The first-order chi connectivity index (χ1) is 8.59. The first kappa shape index (κ1) is 11.0. The minimum absolute atomic E-state index is 0.119. The van der Waals surface area contributed by atoms with Crippen LogP contribution in [0.25, 0.3) is 0 Å². The molecular weight excluding hydrogens is 226 g/mol. The number of rotatable bonds is 2. The van der Waals surface area contributed by atoms with E-state index in [0.29, 0.717) is 0 Å². The molecule has 0 radical (unpaired) electrons. The topological polar surface area (TPSA) is 64.9 Å². The van der Waals surface area contributed by atoms with Gasteiger partial charge in [-0.15, -0.1) is 0 Å². The van der Waals surface area contributed by atoms with Crippen molar-refractivity contribution in [3.63, 3.8) is 0 Å². The summed E-state index contributed by atoms with van der Waals surface area (Å²) in [5.41, 5.74) is 6.19. The lowest BCUT2D eigenvalue weighted by molar-refractivity contribution is 0.275. The van der Waals surface area contributed by atoms with Gasteiger partial charge >= 0.3 is 0 Å². The Balaban J connectivity index is 1.62. The van der Waals surface area contributed by atoms with Crippen molar-refractivity contribution in [2.24, 2.45) is 17.6 Å². The van der Waals surface area contributed by atoms with Gasteiger partial charge < -0.3 is 10.3 Å². The zero-order valence-electron chi connectivity index (χ0n) is 11.0. The normalized spacial score (nSPS) is 41.0. The first-order valence-electron chi connectivity index (χ1n) is 7.23. The molecule has 0 spiro atoms. The quantitative estimate of drug-likeness (QED) is 0.872. The van der Waals surface area contributed by atoms with E-state index in [1.54, 1.807) is 0 Å². The average molecular weight is 247 g/mol. The maximum Gasteiger partial charge on any atom is 0.232 e. The molecule has 0 amide bonds. The minimum Gasteiger partial charge on any atom is -0.339 e. The van der Waals surface area contributed by atoms with Crippen LogP contribution < -0.4 is 5.73 Å². The van der Waals surface area contributed by atoms with Crippen molar-refractivity contribution < 1.29 is 4.52 Å². The third-order valence-corrected chi connectivity index (χ3v) is 5.38. The summed E-state index contributed by atoms with van der Waals surface area (Å²) >= 11 is 0. The molecule has 1 heterocycles. The van der Waals surface area contributed by atoms with Gasteiger partial charge in [0.05, 0.1) is 5.54 Å². The number of aromatic nitrogens is 2. The maximum atomic E-state index is 6.39. The summed E-state index contributed by atoms with van der Waals surface area (Å²) in [6, 6.07) is 0. The Labute approximate surface area is 107 Å². The first-order valence-corrected chi connectivity index (χ1v) is 7.23. The van der Waals surface area contributed by atoms with Crippen LogP contribution in [0.2, 0.25) is 0 Å². The number of fused-ring (bicyclic) bond motifs is 1. The minimum atomic E-state index is -0.320. The van der Waals surface area contributed by atoms with Crippen LogP contribution >= 0.6 is 0 Å². The Kier molecular flexibility index (Phi) is 2.04. The van der Waals surface area contributed by atoms with Gasteiger partial charge in [-0.2, -0.15) is 4.98 Å². The molecule has 3 saturated carbocycles. The lowest BCUT2D eigenvalue weighted by Gasteiger charge is -2.21. The largest absolute Gasteiger partial charge is 0.339 e. The van der Waals surface area contributed by atoms with E-state index in [9.17, 15) is 0 Å². The lowest BCUT2D eigenvalue weighted by Crippen LogP contribution is -2.34. The molecule has 0 aliphatic heterocycles. The second-order valence-corrected chi connectivity index (χ2v) is 7.01. The second kappa shape index (κ2) is 3.35. The third kappa shape index (κ3) is 1.48. The Hall–Kier alpha value is -0.900. The number of nitrogens with zero attached hydrogens (tertiary/aromatic N) is 2. The molecule has 0 bridgehead atoms. The van der Waals surface area contributed by atoms with Crippen molar-refractivity contribution in [3.05, 3.63) is 11.7 Å². The lowest BCUT2D eigenvalue weighted by atomic mass is 9.85. The van der Waals surface area contributed by atoms with Gasteiger partial charge in [-0.25, -0.2) is 0 Å². The fourth-order valence-corrected chi connectivity index (χ4v) is 4.13. The van der Waals surface area contributed by atoms with Crippen LogP contribution in [0.4, 0.5) is 0 Å². The zero-order valence-corrected chi connectivity index (χ0v) is 11.0. The summed E-state index contributed by atoms with van der Waals surface area (Å²) in [6.45, 7) is 2.27. The molecule has 2 N–H and O–H groups in total. The smallest absolute Gasteiger partial charge is 0.232 e. The Morgan fingerprint density at radius 1 is 1.22 bits per heavy atom. The highest BCUT2D eigenvalue weighted by atomic mass is 16.5. The van der Waals surface area contributed by atoms with Crippen LogP contribution in [-0.2, 0) is 11.0 Å². The van der Waals surface area contributed by atoms with E-state index >= 15 is 0 Å². The summed E-state index contributed by atoms with van der Waals surface area (Å²) in [5, 5.41) is 4.19. The SMILES string of the molecule is CC1(c2nc(C3(N)CCCC3)no2)CC2CC2C1. The van der Waals surface area contributed by atoms with Crippen LogP contribution in [0.1, 0.15) is 63.6 Å². The van der Waals surface area contributed by atoms with E-state index in [1.807, 2.05) is 0 Å². The van der Waals surface area contributed by atoms with E-state index < -0.39 is 0 Å². The second-order valence-electron chi connectivity index (χ2n) is 7.01. The van der Waals surface area contributed by atoms with Crippen molar-refractivity contribution >= 4 is 0 Å². The van der Waals surface area contributed by atoms with E-state index in [0.717, 1.165) is 36.4 Å². The maximum absolute atomic E-state index is 6.39. The van der Waals surface area contributed by atoms with Gasteiger partial charge in [-0.1, -0.05) is 24.9 Å². The predicted molar refractivity (Wildman–Crippen MR) is 66.8 cm³/mol. The van der Waals surface area contributed by atoms with E-state index in [-0.39, 0.29) is 11.0 Å². The van der Waals surface area contributed by atoms with Gasteiger partial charge in [0.25, 0.3) is 0 Å². The van der Waals surface area contributed by atoms with E-state index in [4.69, 9.17) is 10.3 Å². The summed E-state index contributed by atoms with van der Waals surface area (Å²) < 4.78 is 5.56. The molecule has 1 aromatic heterocycles. The van der Waals surface area contributed by atoms with Crippen LogP contribution in [0.15, 0.2) is 4.52 Å². The molecule has 0 saturated heterocycles. The third-order valence-electron chi connectivity index (χ3n) is 5.38. The average Bonchev–Trinajstić information content (AvgIpc) is 2.84. The highest BCUT2D eigenvalue weighted by Gasteiger charge is 2.54. The van der Waals surface area contributed by atoms with Crippen LogP contribution in [0, 0.1) is 11.8 Å². The van der Waals surface area contributed by atoms with Crippen LogP contribution in [-0.4, -0.2) is 10.1 Å². The number of hydrogen-bond donors (Lipinski definition) is 1. The molecule has 3 aliphatic rings. The molecule has 1 aromatic rings. The van der Waals surface area contributed by atoms with E-state index in [2.05, 4.69) is 17.1 Å². The summed E-state index contributed by atoms with van der Waals surface area (Å²) in [7, 11) is 0. The fraction of sp³-hybridized carbons (Fsp3) is 0.857. The van der Waals surface area contributed by atoms with Crippen molar-refractivity contribution in [2.75, 3.05) is 0 Å². The Morgan fingerprint density at radius 2 is 1.89 bits per heavy atom. The fourth-order valence-electron chi connectivity index (χ4n) is 4.13. The van der Waals surface area contributed by atoms with Gasteiger partial charge in [0, 0.05) is 5.41 Å². The van der Waals surface area contributed by atoms with Gasteiger partial charge in [-0.3, -0.25) is 0 Å². The van der Waals surface area contributed by atoms with Gasteiger partial charge in [0.1, 0.15) is 0 Å².